The van der Waals surface area contributed by atoms with Crippen LogP contribution in [0, 0.1) is 0 Å². The van der Waals surface area contributed by atoms with Crippen LogP contribution < -0.4 is 0 Å². The summed E-state index contributed by atoms with van der Waals surface area (Å²) in [6.45, 7) is 6.37. The zero-order valence-electron chi connectivity index (χ0n) is 53.7. The van der Waals surface area contributed by atoms with E-state index in [0.717, 1.165) is 167 Å². The number of ether oxygens (including phenoxy) is 3. The molecule has 0 aliphatic heterocycles. The van der Waals surface area contributed by atoms with Crippen molar-refractivity contribution in [3.63, 3.8) is 0 Å². The van der Waals surface area contributed by atoms with E-state index in [-0.39, 0.29) is 31.1 Å². The maximum absolute atomic E-state index is 13.0. The highest BCUT2D eigenvalue weighted by Gasteiger charge is 2.19. The smallest absolute Gasteiger partial charge is 0.306 e. The van der Waals surface area contributed by atoms with Crippen molar-refractivity contribution >= 4 is 17.9 Å². The second-order valence-corrected chi connectivity index (χ2v) is 22.0. The van der Waals surface area contributed by atoms with E-state index >= 15 is 0 Å². The molecular weight excluding hydrogens is 1020 g/mol. The topological polar surface area (TPSA) is 78.9 Å². The van der Waals surface area contributed by atoms with Crippen molar-refractivity contribution in [3.8, 4) is 0 Å². The van der Waals surface area contributed by atoms with E-state index in [2.05, 4.69) is 179 Å². The van der Waals surface area contributed by atoms with Gasteiger partial charge >= 0.3 is 17.9 Å². The van der Waals surface area contributed by atoms with Crippen molar-refractivity contribution in [2.75, 3.05) is 13.2 Å². The summed E-state index contributed by atoms with van der Waals surface area (Å²) >= 11 is 0. The molecule has 0 aliphatic carbocycles. The Bertz CT molecular complexity index is 1840. The molecule has 0 amide bonds. The van der Waals surface area contributed by atoms with E-state index in [1.165, 1.54) is 83.5 Å². The summed E-state index contributed by atoms with van der Waals surface area (Å²) in [6, 6.07) is 0. The highest BCUT2D eigenvalue weighted by Crippen LogP contribution is 2.15. The molecule has 83 heavy (non-hydrogen) atoms. The molecule has 0 N–H and O–H groups in total. The second kappa shape index (κ2) is 69.5. The van der Waals surface area contributed by atoms with Crippen LogP contribution in [-0.2, 0) is 28.6 Å². The Morgan fingerprint density at radius 2 is 0.470 bits per heavy atom. The molecule has 0 rings (SSSR count). The Kier molecular flexibility index (Phi) is 65.4. The molecule has 1 atom stereocenters. The summed E-state index contributed by atoms with van der Waals surface area (Å²) in [4.78, 5) is 38.4. The van der Waals surface area contributed by atoms with Gasteiger partial charge in [-0.25, -0.2) is 0 Å². The monoisotopic (exact) mass is 1140 g/mol. The van der Waals surface area contributed by atoms with E-state index in [1.54, 1.807) is 0 Å². The Morgan fingerprint density at radius 3 is 0.735 bits per heavy atom. The first-order valence-corrected chi connectivity index (χ1v) is 34.0. The van der Waals surface area contributed by atoms with Crippen molar-refractivity contribution < 1.29 is 28.6 Å². The number of unbranched alkanes of at least 4 members (excludes halogenated alkanes) is 23. The number of carbonyl (C=O) groups is 3. The third-order valence-electron chi connectivity index (χ3n) is 14.0. The van der Waals surface area contributed by atoms with Gasteiger partial charge in [-0.05, 0) is 148 Å². The van der Waals surface area contributed by atoms with Crippen molar-refractivity contribution in [1.82, 2.24) is 0 Å². The molecule has 0 fully saturated rings. The number of carbonyl (C=O) groups excluding carboxylic acids is 3. The molecule has 6 nitrogen and oxygen atoms in total. The maximum atomic E-state index is 13.0. The van der Waals surface area contributed by atoms with Crippen molar-refractivity contribution in [3.05, 3.63) is 158 Å². The van der Waals surface area contributed by atoms with Crippen LogP contribution in [0.4, 0.5) is 0 Å². The highest BCUT2D eigenvalue weighted by atomic mass is 16.6. The average Bonchev–Trinajstić information content (AvgIpc) is 3.49. The van der Waals surface area contributed by atoms with Gasteiger partial charge in [0, 0.05) is 19.3 Å². The highest BCUT2D eigenvalue weighted by molar-refractivity contribution is 5.71. The largest absolute Gasteiger partial charge is 0.462 e. The predicted octanol–water partition coefficient (Wildman–Crippen LogP) is 23.7. The van der Waals surface area contributed by atoms with E-state index < -0.39 is 6.10 Å². The standard InChI is InChI=1S/C77H124O6/c1-4-7-10-13-16-19-22-25-28-31-33-35-36-37-38-39-40-42-43-46-49-52-55-58-61-64-67-70-76(79)82-73-74(72-81-75(78)69-66-63-60-57-54-51-48-45-30-27-24-21-18-15-12-9-6-3)83-77(80)71-68-65-62-59-56-53-50-47-44-41-34-32-29-26-23-20-17-14-11-8-5-2/h7,9-10,12,16,18-19,21,23,25-28,30,32-35,37-38,40,42,44,47-48,51,74H,4-6,8,11,13-15,17,20,22,24,29,31,36,39,41,43,45-46,49-50,52-73H2,1-3H3/b10-7-,12-9-,19-16-,21-18-,26-23-,28-25-,30-27-,34-32-,35-33-,38-37-,42-40-,47-44-,51-48-. The summed E-state index contributed by atoms with van der Waals surface area (Å²) < 4.78 is 16.9. The molecule has 0 bridgehead atoms. The van der Waals surface area contributed by atoms with Crippen LogP contribution in [-0.4, -0.2) is 37.2 Å². The lowest BCUT2D eigenvalue weighted by molar-refractivity contribution is -0.167. The van der Waals surface area contributed by atoms with Crippen LogP contribution in [0.15, 0.2) is 158 Å². The van der Waals surface area contributed by atoms with Gasteiger partial charge in [-0.1, -0.05) is 281 Å². The van der Waals surface area contributed by atoms with Gasteiger partial charge in [0.2, 0.25) is 0 Å². The third-order valence-corrected chi connectivity index (χ3v) is 14.0. The Labute approximate surface area is 511 Å². The lowest BCUT2D eigenvalue weighted by atomic mass is 10.1. The fraction of sp³-hybridized carbons (Fsp3) is 0.623. The first-order valence-electron chi connectivity index (χ1n) is 34.0. The lowest BCUT2D eigenvalue weighted by Gasteiger charge is -2.18. The zero-order chi connectivity index (χ0) is 59.9. The van der Waals surface area contributed by atoms with Crippen molar-refractivity contribution in [2.24, 2.45) is 0 Å². The molecule has 0 aromatic rings. The fourth-order valence-corrected chi connectivity index (χ4v) is 8.97. The minimum atomic E-state index is -0.809. The Balaban J connectivity index is 4.46. The Morgan fingerprint density at radius 1 is 0.253 bits per heavy atom. The van der Waals surface area contributed by atoms with E-state index in [1.807, 2.05) is 0 Å². The number of hydrogen-bond donors (Lipinski definition) is 0. The first kappa shape index (κ1) is 78.0. The van der Waals surface area contributed by atoms with E-state index in [0.29, 0.717) is 19.3 Å². The molecule has 0 spiro atoms. The molecule has 0 aromatic heterocycles. The normalized spacial score (nSPS) is 13.1. The van der Waals surface area contributed by atoms with Gasteiger partial charge in [0.1, 0.15) is 13.2 Å². The van der Waals surface area contributed by atoms with Gasteiger partial charge in [0.05, 0.1) is 0 Å². The van der Waals surface area contributed by atoms with Gasteiger partial charge in [-0.15, -0.1) is 0 Å². The minimum absolute atomic E-state index is 0.102. The van der Waals surface area contributed by atoms with Crippen LogP contribution in [0.3, 0.4) is 0 Å². The van der Waals surface area contributed by atoms with E-state index in [9.17, 15) is 14.4 Å². The molecule has 0 aromatic carbocycles. The second-order valence-electron chi connectivity index (χ2n) is 22.0. The zero-order valence-corrected chi connectivity index (χ0v) is 53.7. The fourth-order valence-electron chi connectivity index (χ4n) is 8.97. The van der Waals surface area contributed by atoms with Crippen LogP contribution in [0.1, 0.15) is 290 Å². The molecule has 0 aliphatic rings. The molecule has 468 valence electrons. The van der Waals surface area contributed by atoms with Crippen molar-refractivity contribution in [2.45, 2.75) is 297 Å². The van der Waals surface area contributed by atoms with Gasteiger partial charge in [-0.3, -0.25) is 14.4 Å². The average molecular weight is 1150 g/mol. The summed E-state index contributed by atoms with van der Waals surface area (Å²) in [5.74, 6) is -0.945. The molecule has 0 saturated heterocycles. The van der Waals surface area contributed by atoms with Gasteiger partial charge in [0.25, 0.3) is 0 Å². The van der Waals surface area contributed by atoms with Crippen molar-refractivity contribution in [1.29, 1.82) is 0 Å². The number of hydrogen-bond acceptors (Lipinski definition) is 6. The molecular formula is C77H124O6. The molecule has 6 heteroatoms. The quantitative estimate of drug-likeness (QED) is 0.0261. The van der Waals surface area contributed by atoms with Crippen LogP contribution in [0.2, 0.25) is 0 Å². The summed E-state index contributed by atoms with van der Waals surface area (Å²) in [7, 11) is 0. The molecule has 0 heterocycles. The van der Waals surface area contributed by atoms with E-state index in [4.69, 9.17) is 14.2 Å². The molecule has 0 saturated carbocycles. The molecule has 0 radical (unpaired) electrons. The minimum Gasteiger partial charge on any atom is -0.462 e. The summed E-state index contributed by atoms with van der Waals surface area (Å²) in [5, 5.41) is 0. The first-order chi connectivity index (χ1) is 41.0. The van der Waals surface area contributed by atoms with Gasteiger partial charge in [0.15, 0.2) is 6.10 Å². The predicted molar refractivity (Wildman–Crippen MR) is 362 cm³/mol. The lowest BCUT2D eigenvalue weighted by Crippen LogP contribution is -2.30. The number of rotatable bonds is 60. The van der Waals surface area contributed by atoms with Gasteiger partial charge < -0.3 is 14.2 Å². The van der Waals surface area contributed by atoms with Crippen LogP contribution in [0.5, 0.6) is 0 Å². The van der Waals surface area contributed by atoms with Crippen LogP contribution in [0.25, 0.3) is 0 Å². The number of esters is 3. The summed E-state index contributed by atoms with van der Waals surface area (Å²) in [6.07, 6.45) is 101. The number of allylic oxidation sites excluding steroid dienone is 26. The summed E-state index contributed by atoms with van der Waals surface area (Å²) in [5.41, 5.74) is 0. The van der Waals surface area contributed by atoms with Crippen LogP contribution >= 0.6 is 0 Å². The Hall–Kier alpha value is -4.97. The maximum Gasteiger partial charge on any atom is 0.306 e. The SMILES string of the molecule is CC/C=C\C/C=C\C/C=C\C/C=C\C/C=C\C/C=C\CCCCCCCCCCC(=O)OCC(COC(=O)CCCCCC/C=C\C/C=C\C/C=C\C/C=C\CC)OC(=O)CCCCCCCC/C=C\C/C=C\C/C=C\CCCCCCC. The molecule has 1 unspecified atom stereocenters. The van der Waals surface area contributed by atoms with Gasteiger partial charge in [-0.2, -0.15) is 0 Å². The third kappa shape index (κ3) is 67.7.